The number of carbonyl (C=O) groups excluding carboxylic acids is 3. The third kappa shape index (κ3) is 1.67. The largest absolute Gasteiger partial charge is 0.295 e. The molecule has 134 valence electrons. The van der Waals surface area contributed by atoms with Crippen molar-refractivity contribution in [1.29, 1.82) is 0 Å². The summed E-state index contributed by atoms with van der Waals surface area (Å²) in [6.45, 7) is 0. The Kier molecular flexibility index (Phi) is 2.71. The van der Waals surface area contributed by atoms with Crippen LogP contribution in [-0.4, -0.2) is 33.9 Å². The van der Waals surface area contributed by atoms with E-state index in [0.29, 0.717) is 23.3 Å². The van der Waals surface area contributed by atoms with E-state index in [0.717, 1.165) is 16.2 Å². The summed E-state index contributed by atoms with van der Waals surface area (Å²) in [5.41, 5.74) is 3.29. The van der Waals surface area contributed by atoms with Crippen LogP contribution in [-0.2, 0) is 14.4 Å². The van der Waals surface area contributed by atoms with Gasteiger partial charge in [0.2, 0.25) is 11.8 Å². The lowest BCUT2D eigenvalue weighted by Gasteiger charge is -2.35. The number of rotatable bonds is 0. The first kappa shape index (κ1) is 15.1. The Morgan fingerprint density at radius 3 is 2.56 bits per heavy atom. The summed E-state index contributed by atoms with van der Waals surface area (Å²) in [6.07, 6.45) is 13.6. The zero-order valence-electron chi connectivity index (χ0n) is 14.3. The maximum absolute atomic E-state index is 12.7. The van der Waals surface area contributed by atoms with Gasteiger partial charge in [0, 0.05) is 5.92 Å². The summed E-state index contributed by atoms with van der Waals surface area (Å²) in [5, 5.41) is 14.5. The highest BCUT2D eigenvalue weighted by Gasteiger charge is 2.60. The Hall–Kier alpha value is -2.99. The topological polar surface area (TPSA) is 86.7 Å². The van der Waals surface area contributed by atoms with Crippen molar-refractivity contribution in [2.75, 3.05) is 0 Å². The number of fused-ring (bicyclic) bond motifs is 8. The van der Waals surface area contributed by atoms with Gasteiger partial charge in [0.25, 0.3) is 0 Å². The van der Waals surface area contributed by atoms with Crippen molar-refractivity contribution >= 4 is 17.6 Å². The average Bonchev–Trinajstić information content (AvgIpc) is 3.26. The molecule has 0 aromatic heterocycles. The number of hydroxylamine groups is 2. The monoisotopic (exact) mass is 360 g/mol. The van der Waals surface area contributed by atoms with E-state index in [1.54, 1.807) is 12.2 Å². The van der Waals surface area contributed by atoms with Gasteiger partial charge >= 0.3 is 0 Å². The maximum Gasteiger partial charge on any atom is 0.235 e. The van der Waals surface area contributed by atoms with Crippen LogP contribution in [0.1, 0.15) is 6.42 Å². The molecule has 6 nitrogen and oxygen atoms in total. The van der Waals surface area contributed by atoms with Crippen molar-refractivity contribution in [3.63, 3.8) is 0 Å². The quantitative estimate of drug-likeness (QED) is 0.503. The molecule has 1 saturated heterocycles. The molecule has 6 aliphatic rings. The fraction of sp³-hybridized carbons (Fsp3) is 0.286. The van der Waals surface area contributed by atoms with Crippen molar-refractivity contribution in [2.45, 2.75) is 12.5 Å². The standard InChI is InChI=1S/C21H16N2O4/c24-13-7-3-6-12-15(13)16-18-17(20(25)22-21(18)26)14-10-5-2-1-4-9(10)8-11(14)19(16)23(12)27/h1-7,9-10,17-19,27H,8H2,(H,22,25,26). The van der Waals surface area contributed by atoms with Crippen molar-refractivity contribution in [3.05, 3.63) is 70.5 Å². The second kappa shape index (κ2) is 4.84. The van der Waals surface area contributed by atoms with E-state index in [1.165, 1.54) is 6.08 Å². The van der Waals surface area contributed by atoms with E-state index < -0.39 is 17.9 Å². The predicted molar refractivity (Wildman–Crippen MR) is 93.7 cm³/mol. The second-order valence-corrected chi connectivity index (χ2v) is 7.81. The van der Waals surface area contributed by atoms with Gasteiger partial charge in [0.1, 0.15) is 6.04 Å². The van der Waals surface area contributed by atoms with Crippen LogP contribution in [0.3, 0.4) is 0 Å². The van der Waals surface area contributed by atoms with E-state index in [-0.39, 0.29) is 29.4 Å². The van der Waals surface area contributed by atoms with E-state index in [1.807, 2.05) is 12.2 Å². The second-order valence-electron chi connectivity index (χ2n) is 7.81. The Labute approximate surface area is 154 Å². The van der Waals surface area contributed by atoms with Crippen molar-refractivity contribution < 1.29 is 19.6 Å². The minimum Gasteiger partial charge on any atom is -0.295 e. The zero-order chi connectivity index (χ0) is 18.4. The van der Waals surface area contributed by atoms with Crippen LogP contribution in [0.15, 0.2) is 70.5 Å². The summed E-state index contributed by atoms with van der Waals surface area (Å²) in [7, 11) is 0. The van der Waals surface area contributed by atoms with Gasteiger partial charge in [0.15, 0.2) is 5.78 Å². The minimum atomic E-state index is -0.731. The van der Waals surface area contributed by atoms with Gasteiger partial charge in [0.05, 0.1) is 23.1 Å². The van der Waals surface area contributed by atoms with Crippen molar-refractivity contribution in [2.24, 2.45) is 23.7 Å². The molecule has 5 atom stereocenters. The van der Waals surface area contributed by atoms with Gasteiger partial charge in [-0.15, -0.1) is 0 Å². The van der Waals surface area contributed by atoms with Gasteiger partial charge in [-0.25, -0.2) is 5.06 Å². The molecule has 6 rings (SSSR count). The van der Waals surface area contributed by atoms with Crippen LogP contribution in [0.4, 0.5) is 0 Å². The highest BCUT2D eigenvalue weighted by atomic mass is 16.5. The summed E-state index contributed by atoms with van der Waals surface area (Å²) >= 11 is 0. The molecule has 0 saturated carbocycles. The molecule has 0 radical (unpaired) electrons. The first-order chi connectivity index (χ1) is 13.1. The molecule has 2 amide bonds. The molecule has 2 N–H and O–H groups in total. The Morgan fingerprint density at radius 2 is 1.74 bits per heavy atom. The third-order valence-corrected chi connectivity index (χ3v) is 6.66. The van der Waals surface area contributed by atoms with Gasteiger partial charge in [-0.3, -0.25) is 24.9 Å². The number of nitrogens with zero attached hydrogens (tertiary/aromatic N) is 1. The third-order valence-electron chi connectivity index (χ3n) is 6.66. The molecule has 1 fully saturated rings. The predicted octanol–water partition coefficient (Wildman–Crippen LogP) is 1.34. The minimum absolute atomic E-state index is 0.0551. The fourth-order valence-electron chi connectivity index (χ4n) is 5.74. The number of amides is 2. The number of imide groups is 1. The summed E-state index contributed by atoms with van der Waals surface area (Å²) in [5.74, 6) is -1.96. The number of allylic oxidation sites excluding steroid dienone is 8. The molecular formula is C21H16N2O4. The highest BCUT2D eigenvalue weighted by Crippen LogP contribution is 2.58. The molecule has 5 unspecified atom stereocenters. The first-order valence-corrected chi connectivity index (χ1v) is 9.15. The van der Waals surface area contributed by atoms with Gasteiger partial charge in [-0.1, -0.05) is 30.4 Å². The Balaban J connectivity index is 1.64. The van der Waals surface area contributed by atoms with Crippen LogP contribution in [0, 0.1) is 23.7 Å². The van der Waals surface area contributed by atoms with Crippen LogP contribution >= 0.6 is 0 Å². The van der Waals surface area contributed by atoms with E-state index in [2.05, 4.69) is 17.5 Å². The molecule has 2 aliphatic heterocycles. The molecule has 0 aromatic carbocycles. The number of hydrogen-bond acceptors (Lipinski definition) is 5. The molecule has 0 aromatic rings. The number of ketones is 1. The lowest BCUT2D eigenvalue weighted by atomic mass is 9.68. The molecule has 0 spiro atoms. The normalized spacial score (nSPS) is 38.0. The summed E-state index contributed by atoms with van der Waals surface area (Å²) in [6, 6.07) is -0.546. The lowest BCUT2D eigenvalue weighted by molar-refractivity contribution is -0.125. The first-order valence-electron chi connectivity index (χ1n) is 9.15. The SMILES string of the molecule is O=C1C=CC=C2C1=C1C3C(=O)NC(=O)C3C3=C(CC4C=CC=CC34)C1N2O. The Morgan fingerprint density at radius 1 is 1.00 bits per heavy atom. The molecule has 0 bridgehead atoms. The van der Waals surface area contributed by atoms with Crippen molar-refractivity contribution in [1.82, 2.24) is 10.4 Å². The van der Waals surface area contributed by atoms with Crippen LogP contribution in [0.25, 0.3) is 0 Å². The molecule has 4 aliphatic carbocycles. The van der Waals surface area contributed by atoms with Crippen molar-refractivity contribution in [3.8, 4) is 0 Å². The molecule has 2 heterocycles. The van der Waals surface area contributed by atoms with Crippen LogP contribution in [0.5, 0.6) is 0 Å². The summed E-state index contributed by atoms with van der Waals surface area (Å²) < 4.78 is 0. The number of nitrogens with one attached hydrogen (secondary N) is 1. The Bertz CT molecular complexity index is 1040. The highest BCUT2D eigenvalue weighted by molar-refractivity contribution is 6.14. The average molecular weight is 360 g/mol. The van der Waals surface area contributed by atoms with E-state index in [9.17, 15) is 19.6 Å². The van der Waals surface area contributed by atoms with Gasteiger partial charge < -0.3 is 0 Å². The smallest absolute Gasteiger partial charge is 0.235 e. The zero-order valence-corrected chi connectivity index (χ0v) is 14.3. The maximum atomic E-state index is 12.7. The van der Waals surface area contributed by atoms with E-state index in [4.69, 9.17) is 0 Å². The summed E-state index contributed by atoms with van der Waals surface area (Å²) in [4.78, 5) is 38.1. The van der Waals surface area contributed by atoms with Crippen LogP contribution in [0.2, 0.25) is 0 Å². The van der Waals surface area contributed by atoms with Gasteiger partial charge in [-0.2, -0.15) is 0 Å². The molecular weight excluding hydrogens is 344 g/mol. The fourth-order valence-corrected chi connectivity index (χ4v) is 5.74. The van der Waals surface area contributed by atoms with E-state index >= 15 is 0 Å². The number of carbonyl (C=O) groups is 3. The molecule has 6 heteroatoms. The molecule has 27 heavy (non-hydrogen) atoms. The number of hydrogen-bond donors (Lipinski definition) is 2. The van der Waals surface area contributed by atoms with Crippen LogP contribution < -0.4 is 5.32 Å². The lowest BCUT2D eigenvalue weighted by Crippen LogP contribution is -2.40. The van der Waals surface area contributed by atoms with Gasteiger partial charge in [-0.05, 0) is 41.2 Å².